The second-order valence-electron chi connectivity index (χ2n) is 10.4. The van der Waals surface area contributed by atoms with E-state index < -0.39 is 23.0 Å². The highest BCUT2D eigenvalue weighted by molar-refractivity contribution is 5.97. The Hall–Kier alpha value is -5.38. The molecule has 7 rings (SSSR count). The Morgan fingerprint density at radius 1 is 0.634 bits per heavy atom. The number of benzene rings is 2. The number of hydrogen-bond acceptors (Lipinski definition) is 5. The van der Waals surface area contributed by atoms with Gasteiger partial charge < -0.3 is 4.90 Å². The molecule has 0 saturated heterocycles. The third-order valence-corrected chi connectivity index (χ3v) is 8.17. The first kappa shape index (κ1) is 24.6. The fourth-order valence-corrected chi connectivity index (χ4v) is 6.19. The number of aromatic nitrogens is 5. The summed E-state index contributed by atoms with van der Waals surface area (Å²) < 4.78 is 7.14. The van der Waals surface area contributed by atoms with E-state index in [-0.39, 0.29) is 5.56 Å². The van der Waals surface area contributed by atoms with E-state index in [4.69, 9.17) is 0 Å². The van der Waals surface area contributed by atoms with Gasteiger partial charge in [0.15, 0.2) is 0 Å². The van der Waals surface area contributed by atoms with Crippen molar-refractivity contribution in [3.63, 3.8) is 0 Å². The lowest BCUT2D eigenvalue weighted by Gasteiger charge is -2.27. The van der Waals surface area contributed by atoms with Gasteiger partial charge in [-0.3, -0.25) is 32.4 Å². The van der Waals surface area contributed by atoms with Crippen LogP contribution < -0.4 is 38.0 Å². The molecule has 1 aliphatic heterocycles. The molecule has 0 radical (unpaired) electrons. The van der Waals surface area contributed by atoms with Crippen LogP contribution in [0.25, 0.3) is 34.4 Å². The number of anilines is 2. The largest absolute Gasteiger partial charge is 0.332 e. The van der Waals surface area contributed by atoms with E-state index in [0.29, 0.717) is 38.6 Å². The molecule has 204 valence electrons. The molecule has 1 unspecified atom stereocenters. The maximum Gasteiger partial charge on any atom is 0.332 e. The van der Waals surface area contributed by atoms with Crippen LogP contribution in [0.4, 0.5) is 11.5 Å². The molecule has 3 aromatic heterocycles. The van der Waals surface area contributed by atoms with Crippen LogP contribution in [0.15, 0.2) is 85.9 Å². The summed E-state index contributed by atoms with van der Waals surface area (Å²) in [6, 6.07) is 18.7. The van der Waals surface area contributed by atoms with Gasteiger partial charge >= 0.3 is 11.4 Å². The summed E-state index contributed by atoms with van der Waals surface area (Å²) in [5.41, 5.74) is 1.56. The van der Waals surface area contributed by atoms with Gasteiger partial charge in [-0.15, -0.1) is 0 Å². The summed E-state index contributed by atoms with van der Waals surface area (Å²) >= 11 is 0. The second-order valence-corrected chi connectivity index (χ2v) is 10.4. The number of aryl methyl sites for hydroxylation is 1. The van der Waals surface area contributed by atoms with Crippen molar-refractivity contribution in [2.45, 2.75) is 6.04 Å². The van der Waals surface area contributed by atoms with Crippen LogP contribution in [0.5, 0.6) is 0 Å². The summed E-state index contributed by atoms with van der Waals surface area (Å²) in [5, 5.41) is 1.76. The lowest BCUT2D eigenvalue weighted by Crippen LogP contribution is -2.40. The fourth-order valence-electron chi connectivity index (χ4n) is 6.19. The molecule has 1 atom stereocenters. The van der Waals surface area contributed by atoms with Crippen molar-refractivity contribution in [3.05, 3.63) is 125 Å². The number of nitrogens with zero attached hydrogens (tertiary/aromatic N) is 6. The quantitative estimate of drug-likeness (QED) is 0.323. The van der Waals surface area contributed by atoms with E-state index in [9.17, 15) is 19.2 Å². The zero-order valence-electron chi connectivity index (χ0n) is 22.9. The van der Waals surface area contributed by atoms with Crippen molar-refractivity contribution >= 4 is 40.3 Å². The molecule has 2 aromatic carbocycles. The highest BCUT2D eigenvalue weighted by atomic mass is 16.2. The smallest absolute Gasteiger partial charge is 0.316 e. The number of para-hydroxylation sites is 2. The molecule has 0 bridgehead atoms. The molecule has 0 N–H and O–H groups in total. The van der Waals surface area contributed by atoms with Gasteiger partial charge in [0.25, 0.3) is 11.1 Å². The summed E-state index contributed by atoms with van der Waals surface area (Å²) in [7, 11) is 6.27. The van der Waals surface area contributed by atoms with Gasteiger partial charge in [-0.2, -0.15) is 0 Å². The Kier molecular flexibility index (Phi) is 5.14. The van der Waals surface area contributed by atoms with Crippen LogP contribution in [0, 0.1) is 0 Å². The van der Waals surface area contributed by atoms with Gasteiger partial charge in [0.1, 0.15) is 11.5 Å². The zero-order chi connectivity index (χ0) is 28.7. The van der Waals surface area contributed by atoms with Gasteiger partial charge in [0.2, 0.25) is 0 Å². The summed E-state index contributed by atoms with van der Waals surface area (Å²) in [4.78, 5) is 55.4. The van der Waals surface area contributed by atoms with Gasteiger partial charge in [0.05, 0.1) is 22.3 Å². The monoisotopic (exact) mass is 546 g/mol. The average Bonchev–Trinajstić information content (AvgIpc) is 3.42. The van der Waals surface area contributed by atoms with Crippen molar-refractivity contribution < 1.29 is 0 Å². The molecule has 0 amide bonds. The maximum absolute atomic E-state index is 13.6. The first-order valence-electron chi connectivity index (χ1n) is 13.2. The normalized spacial score (nSPS) is 15.5. The number of fused-ring (bicyclic) bond motifs is 6. The summed E-state index contributed by atoms with van der Waals surface area (Å²) in [5.74, 6) is 0.499. The Morgan fingerprint density at radius 2 is 1.22 bits per heavy atom. The minimum Gasteiger partial charge on any atom is -0.316 e. The number of hydrogen-bond donors (Lipinski definition) is 0. The van der Waals surface area contributed by atoms with Gasteiger partial charge in [-0.25, -0.2) is 9.59 Å². The van der Waals surface area contributed by atoms with Crippen molar-refractivity contribution in [2.24, 2.45) is 28.2 Å². The second kappa shape index (κ2) is 8.56. The Bertz CT molecular complexity index is 2340. The van der Waals surface area contributed by atoms with E-state index in [1.165, 1.54) is 23.2 Å². The van der Waals surface area contributed by atoms with E-state index in [2.05, 4.69) is 0 Å². The summed E-state index contributed by atoms with van der Waals surface area (Å²) in [6.45, 7) is 0. The fraction of sp³-hybridized carbons (Fsp3) is 0.161. The Labute approximate surface area is 232 Å². The van der Waals surface area contributed by atoms with Crippen LogP contribution in [-0.4, -0.2) is 28.9 Å². The zero-order valence-corrected chi connectivity index (χ0v) is 22.9. The molecule has 1 aliphatic carbocycles. The van der Waals surface area contributed by atoms with Crippen LogP contribution in [-0.2, 0) is 28.2 Å². The number of allylic oxidation sites excluding steroid dienone is 1. The summed E-state index contributed by atoms with van der Waals surface area (Å²) in [6.07, 6.45) is 5.72. The van der Waals surface area contributed by atoms with E-state index in [0.717, 1.165) is 20.5 Å². The predicted molar refractivity (Wildman–Crippen MR) is 159 cm³/mol. The first-order chi connectivity index (χ1) is 19.7. The van der Waals surface area contributed by atoms with Crippen molar-refractivity contribution in [1.29, 1.82) is 0 Å². The molecule has 5 aromatic rings. The Morgan fingerprint density at radius 3 is 1.88 bits per heavy atom. The average molecular weight is 547 g/mol. The highest BCUT2D eigenvalue weighted by Gasteiger charge is 2.39. The van der Waals surface area contributed by atoms with E-state index in [1.807, 2.05) is 88.4 Å². The topological polar surface area (TPSA) is 96.2 Å². The van der Waals surface area contributed by atoms with Crippen molar-refractivity contribution in [3.8, 4) is 5.69 Å². The predicted octanol–water partition coefficient (Wildman–Crippen LogP) is 0.604. The maximum atomic E-state index is 13.6. The first-order valence-corrected chi connectivity index (χ1v) is 13.2. The Balaban J connectivity index is 1.70. The van der Waals surface area contributed by atoms with Crippen LogP contribution in [0.2, 0.25) is 0 Å². The molecule has 0 saturated carbocycles. The third kappa shape index (κ3) is 3.18. The molecule has 0 spiro atoms. The molecule has 4 heterocycles. The van der Waals surface area contributed by atoms with Gasteiger partial charge in [-0.1, -0.05) is 48.6 Å². The lowest BCUT2D eigenvalue weighted by atomic mass is 10.0. The molecule has 41 heavy (non-hydrogen) atoms. The van der Waals surface area contributed by atoms with Gasteiger partial charge in [0, 0.05) is 44.8 Å². The third-order valence-electron chi connectivity index (χ3n) is 8.17. The molecule has 0 fully saturated rings. The standard InChI is InChI=1S/C31H26N6O4/c1-32-26-24(28(38)34(3)30(32)40)20-15-16-21-23(17-22(20)36(26)18-11-7-5-8-12-18)37(19-13-9-6-10-14-19)27-25(21)29(39)35(4)31(41)33(27)2/h5-17,22H,1-4H3. The van der Waals surface area contributed by atoms with E-state index in [1.54, 1.807) is 14.1 Å². The van der Waals surface area contributed by atoms with Crippen LogP contribution >= 0.6 is 0 Å². The minimum atomic E-state index is -0.488. The molecule has 2 aliphatic rings. The van der Waals surface area contributed by atoms with Crippen molar-refractivity contribution in [2.75, 3.05) is 4.90 Å². The SMILES string of the molecule is Cn1c2c(c(=O)n(C)c1=O)C1=CC=c3c(n(-c4ccccc4)c4c3c(=O)n(C)c(=O)n4C)=CC1N2c1ccccc1. The minimum absolute atomic E-state index is 0.389. The highest BCUT2D eigenvalue weighted by Crippen LogP contribution is 2.43. The number of rotatable bonds is 2. The molecular formula is C31H26N6O4. The van der Waals surface area contributed by atoms with Crippen LogP contribution in [0.3, 0.4) is 0 Å². The molecule has 10 nitrogen and oxygen atoms in total. The lowest BCUT2D eigenvalue weighted by molar-refractivity contribution is 0.683. The van der Waals surface area contributed by atoms with E-state index >= 15 is 0 Å². The molecular weight excluding hydrogens is 520 g/mol. The van der Waals surface area contributed by atoms with Crippen LogP contribution in [0.1, 0.15) is 5.56 Å². The van der Waals surface area contributed by atoms with Crippen molar-refractivity contribution in [1.82, 2.24) is 22.8 Å². The molecule has 10 heteroatoms. The van der Waals surface area contributed by atoms with Gasteiger partial charge in [-0.05, 0) is 35.9 Å².